The summed E-state index contributed by atoms with van der Waals surface area (Å²) in [6, 6.07) is 6.81. The first-order chi connectivity index (χ1) is 11.5. The fraction of sp³-hybridized carbons (Fsp3) is 0.526. The summed E-state index contributed by atoms with van der Waals surface area (Å²) in [7, 11) is 0. The number of benzene rings is 1. The maximum Gasteiger partial charge on any atom is 0.262 e. The summed E-state index contributed by atoms with van der Waals surface area (Å²) in [4.78, 5) is 38.0. The van der Waals surface area contributed by atoms with Gasteiger partial charge in [-0.3, -0.25) is 19.3 Å². The summed E-state index contributed by atoms with van der Waals surface area (Å²) in [5.41, 5.74) is 0.771. The highest BCUT2D eigenvalue weighted by Gasteiger charge is 2.42. The number of carbonyl (C=O) groups excluding carboxylic acids is 3. The Morgan fingerprint density at radius 3 is 2.38 bits per heavy atom. The third-order valence-corrected chi connectivity index (χ3v) is 6.00. The molecule has 2 fully saturated rings. The molecule has 1 aromatic rings. The van der Waals surface area contributed by atoms with Gasteiger partial charge in [-0.15, -0.1) is 0 Å². The van der Waals surface area contributed by atoms with Gasteiger partial charge in [0.2, 0.25) is 5.91 Å². The number of carbonyl (C=O) groups is 3. The van der Waals surface area contributed by atoms with Crippen LogP contribution in [0.25, 0.3) is 0 Å². The number of hydrogen-bond acceptors (Lipinski definition) is 3. The number of nitrogens with zero attached hydrogens (tertiary/aromatic N) is 1. The van der Waals surface area contributed by atoms with Crippen molar-refractivity contribution in [1.82, 2.24) is 10.2 Å². The highest BCUT2D eigenvalue weighted by atomic mass is 16.2. The number of amides is 3. The van der Waals surface area contributed by atoms with Crippen LogP contribution in [0.3, 0.4) is 0 Å². The fourth-order valence-corrected chi connectivity index (χ4v) is 4.84. The minimum atomic E-state index is -0.377. The van der Waals surface area contributed by atoms with Gasteiger partial charge in [-0.2, -0.15) is 0 Å². The van der Waals surface area contributed by atoms with Crippen LogP contribution in [0, 0.1) is 17.8 Å². The second-order valence-electron chi connectivity index (χ2n) is 7.44. The Morgan fingerprint density at radius 2 is 1.83 bits per heavy atom. The first kappa shape index (κ1) is 15.4. The van der Waals surface area contributed by atoms with Gasteiger partial charge < -0.3 is 5.32 Å². The van der Waals surface area contributed by atoms with Crippen LogP contribution in [0.1, 0.15) is 53.3 Å². The highest BCUT2D eigenvalue weighted by molar-refractivity contribution is 6.22. The Labute approximate surface area is 141 Å². The molecule has 5 nitrogen and oxygen atoms in total. The first-order valence-corrected chi connectivity index (χ1v) is 8.79. The van der Waals surface area contributed by atoms with E-state index in [2.05, 4.69) is 5.32 Å². The van der Waals surface area contributed by atoms with E-state index in [-0.39, 0.29) is 30.3 Å². The zero-order chi connectivity index (χ0) is 16.8. The summed E-state index contributed by atoms with van der Waals surface area (Å²) in [5.74, 6) is 1.09. The Hall–Kier alpha value is -2.17. The molecule has 4 atom stereocenters. The van der Waals surface area contributed by atoms with Crippen molar-refractivity contribution < 1.29 is 14.4 Å². The SMILES string of the molecule is C[C@H](NC(=O)CN1C(=O)c2ccccc2C1=O)[C@H]1C[C@H]2CC[C@H]1C2. The van der Waals surface area contributed by atoms with E-state index in [1.54, 1.807) is 24.3 Å². The smallest absolute Gasteiger partial charge is 0.262 e. The third-order valence-electron chi connectivity index (χ3n) is 6.00. The zero-order valence-corrected chi connectivity index (χ0v) is 13.8. The van der Waals surface area contributed by atoms with Gasteiger partial charge in [0.15, 0.2) is 0 Å². The van der Waals surface area contributed by atoms with Crippen molar-refractivity contribution in [3.05, 3.63) is 35.4 Å². The van der Waals surface area contributed by atoms with E-state index in [4.69, 9.17) is 0 Å². The van der Waals surface area contributed by atoms with Crippen LogP contribution < -0.4 is 5.32 Å². The standard InChI is InChI=1S/C19H22N2O3/c1-11(16-9-12-6-7-13(16)8-12)20-17(22)10-21-18(23)14-4-2-3-5-15(14)19(21)24/h2-5,11-13,16H,6-10H2,1H3,(H,20,22)/t11-,12-,13-,16+/m0/s1. The second-order valence-corrected chi connectivity index (χ2v) is 7.44. The molecule has 0 spiro atoms. The number of fused-ring (bicyclic) bond motifs is 3. The van der Waals surface area contributed by atoms with Crippen LogP contribution in [-0.4, -0.2) is 35.2 Å². The van der Waals surface area contributed by atoms with Gasteiger partial charge in [-0.25, -0.2) is 0 Å². The molecule has 1 aromatic carbocycles. The maximum absolute atomic E-state index is 12.4. The third kappa shape index (κ3) is 2.43. The van der Waals surface area contributed by atoms with Crippen LogP contribution in [-0.2, 0) is 4.79 Å². The van der Waals surface area contributed by atoms with Crippen LogP contribution >= 0.6 is 0 Å². The molecule has 4 rings (SSSR count). The van der Waals surface area contributed by atoms with Gasteiger partial charge >= 0.3 is 0 Å². The average Bonchev–Trinajstić information content (AvgIpc) is 3.26. The van der Waals surface area contributed by atoms with Crippen molar-refractivity contribution in [1.29, 1.82) is 0 Å². The number of hydrogen-bond donors (Lipinski definition) is 1. The number of rotatable bonds is 4. The van der Waals surface area contributed by atoms with Gasteiger partial charge in [0, 0.05) is 6.04 Å². The molecule has 2 bridgehead atoms. The van der Waals surface area contributed by atoms with Crippen LogP contribution in [0.15, 0.2) is 24.3 Å². The molecule has 0 unspecified atom stereocenters. The van der Waals surface area contributed by atoms with Gasteiger partial charge in [0.1, 0.15) is 6.54 Å². The van der Waals surface area contributed by atoms with E-state index < -0.39 is 0 Å². The van der Waals surface area contributed by atoms with Crippen LogP contribution in [0.2, 0.25) is 0 Å². The Balaban J connectivity index is 1.38. The summed E-state index contributed by atoms with van der Waals surface area (Å²) >= 11 is 0. The quantitative estimate of drug-likeness (QED) is 0.863. The van der Waals surface area contributed by atoms with Crippen molar-refractivity contribution in [2.75, 3.05) is 6.54 Å². The Bertz CT molecular complexity index is 679. The van der Waals surface area contributed by atoms with Gasteiger partial charge in [-0.05, 0) is 56.1 Å². The molecular formula is C19H22N2O3. The summed E-state index contributed by atoms with van der Waals surface area (Å²) in [6.07, 6.45) is 5.09. The Morgan fingerprint density at radius 1 is 1.17 bits per heavy atom. The van der Waals surface area contributed by atoms with E-state index in [1.807, 2.05) is 6.92 Å². The normalized spacial score (nSPS) is 29.0. The summed E-state index contributed by atoms with van der Waals surface area (Å²) in [6.45, 7) is 1.85. The number of imide groups is 1. The summed E-state index contributed by atoms with van der Waals surface area (Å²) in [5, 5.41) is 3.02. The maximum atomic E-state index is 12.4. The second kappa shape index (κ2) is 5.72. The molecule has 1 heterocycles. The van der Waals surface area contributed by atoms with Gasteiger partial charge in [-0.1, -0.05) is 18.6 Å². The van der Waals surface area contributed by atoms with Crippen molar-refractivity contribution in [2.45, 2.75) is 38.6 Å². The highest BCUT2D eigenvalue weighted by Crippen LogP contribution is 2.49. The molecule has 0 saturated heterocycles. The van der Waals surface area contributed by atoms with Crippen molar-refractivity contribution in [2.24, 2.45) is 17.8 Å². The van der Waals surface area contributed by atoms with E-state index in [9.17, 15) is 14.4 Å². The molecule has 126 valence electrons. The predicted molar refractivity (Wildman–Crippen MR) is 88.4 cm³/mol. The molecule has 5 heteroatoms. The molecule has 24 heavy (non-hydrogen) atoms. The van der Waals surface area contributed by atoms with E-state index >= 15 is 0 Å². The van der Waals surface area contributed by atoms with Crippen molar-refractivity contribution in [3.63, 3.8) is 0 Å². The summed E-state index contributed by atoms with van der Waals surface area (Å²) < 4.78 is 0. The fourth-order valence-electron chi connectivity index (χ4n) is 4.84. The van der Waals surface area contributed by atoms with Crippen LogP contribution in [0.5, 0.6) is 0 Å². The molecule has 0 aromatic heterocycles. The molecule has 1 aliphatic heterocycles. The topological polar surface area (TPSA) is 66.5 Å². The molecule has 2 aliphatic carbocycles. The monoisotopic (exact) mass is 326 g/mol. The molecular weight excluding hydrogens is 304 g/mol. The lowest BCUT2D eigenvalue weighted by Gasteiger charge is -2.29. The lowest BCUT2D eigenvalue weighted by atomic mass is 9.84. The zero-order valence-electron chi connectivity index (χ0n) is 13.8. The number of nitrogens with one attached hydrogen (secondary N) is 1. The van der Waals surface area contributed by atoms with Crippen molar-refractivity contribution >= 4 is 17.7 Å². The Kier molecular flexibility index (Phi) is 3.66. The molecule has 2 saturated carbocycles. The molecule has 0 radical (unpaired) electrons. The van der Waals surface area contributed by atoms with E-state index in [0.717, 1.165) is 16.7 Å². The van der Waals surface area contributed by atoms with E-state index in [1.165, 1.54) is 25.7 Å². The van der Waals surface area contributed by atoms with Crippen molar-refractivity contribution in [3.8, 4) is 0 Å². The predicted octanol–water partition coefficient (Wildman–Crippen LogP) is 2.22. The van der Waals surface area contributed by atoms with E-state index in [0.29, 0.717) is 17.0 Å². The molecule has 3 amide bonds. The lowest BCUT2D eigenvalue weighted by molar-refractivity contribution is -0.122. The van der Waals surface area contributed by atoms with Crippen LogP contribution in [0.4, 0.5) is 0 Å². The van der Waals surface area contributed by atoms with Gasteiger partial charge in [0.25, 0.3) is 11.8 Å². The lowest BCUT2D eigenvalue weighted by Crippen LogP contribution is -2.46. The molecule has 3 aliphatic rings. The largest absolute Gasteiger partial charge is 0.352 e. The minimum Gasteiger partial charge on any atom is -0.352 e. The first-order valence-electron chi connectivity index (χ1n) is 8.79. The molecule has 1 N–H and O–H groups in total. The average molecular weight is 326 g/mol. The minimum absolute atomic E-state index is 0.1000. The van der Waals surface area contributed by atoms with Gasteiger partial charge in [0.05, 0.1) is 11.1 Å².